The van der Waals surface area contributed by atoms with Crippen molar-refractivity contribution in [2.45, 2.75) is 18.3 Å². The summed E-state index contributed by atoms with van der Waals surface area (Å²) in [7, 11) is -1.07. The Morgan fingerprint density at radius 2 is 0.531 bits per heavy atom. The zero-order chi connectivity index (χ0) is 33.4. The number of rotatable bonds is 15. The van der Waals surface area contributed by atoms with Crippen LogP contribution < -0.4 is 0 Å². The highest BCUT2D eigenvalue weighted by Gasteiger charge is 2.32. The van der Waals surface area contributed by atoms with Gasteiger partial charge in [0.2, 0.25) is 0 Å². The second kappa shape index (κ2) is 18.1. The van der Waals surface area contributed by atoms with E-state index in [4.69, 9.17) is 14.0 Å². The molecule has 0 N–H and O–H groups in total. The maximum atomic E-state index is 6.87. The summed E-state index contributed by atoms with van der Waals surface area (Å²) in [6.07, 6.45) is 11.0. The lowest BCUT2D eigenvalue weighted by Crippen LogP contribution is -2.31. The lowest BCUT2D eigenvalue weighted by Gasteiger charge is -2.27. The predicted octanol–water partition coefficient (Wildman–Crippen LogP) is 11.4. The van der Waals surface area contributed by atoms with Crippen molar-refractivity contribution in [2.75, 3.05) is 0 Å². The van der Waals surface area contributed by atoms with E-state index in [-0.39, 0.29) is 0 Å². The van der Waals surface area contributed by atoms with Crippen molar-refractivity contribution >= 4 is 25.5 Å². The van der Waals surface area contributed by atoms with Gasteiger partial charge in [0.25, 0.3) is 0 Å². The Balaban J connectivity index is 1.38. The molecule has 49 heavy (non-hydrogen) atoms. The largest absolute Gasteiger partial charge is 0.641 e. The molecular formula is C45H39BO3. The second-order valence-corrected chi connectivity index (χ2v) is 11.5. The van der Waals surface area contributed by atoms with Crippen molar-refractivity contribution in [3.63, 3.8) is 0 Å². The van der Waals surface area contributed by atoms with Gasteiger partial charge in [0.15, 0.2) is 0 Å². The zero-order valence-electron chi connectivity index (χ0n) is 27.3. The Kier molecular flexibility index (Phi) is 12.4. The van der Waals surface area contributed by atoms with Crippen LogP contribution in [0.5, 0.6) is 0 Å². The molecular weight excluding hydrogens is 599 g/mol. The van der Waals surface area contributed by atoms with Gasteiger partial charge in [0.05, 0.1) is 18.3 Å². The van der Waals surface area contributed by atoms with E-state index in [2.05, 4.69) is 109 Å². The summed E-state index contributed by atoms with van der Waals surface area (Å²) in [4.78, 5) is 0. The Hall–Kier alpha value is -5.52. The summed E-state index contributed by atoms with van der Waals surface area (Å²) in [6.45, 7) is 0. The fraction of sp³-hybridized carbons (Fsp3) is 0.0667. The molecule has 0 spiro atoms. The molecule has 3 nitrogen and oxygen atoms in total. The minimum absolute atomic E-state index is 0.463. The Morgan fingerprint density at radius 3 is 0.776 bits per heavy atom. The molecule has 0 radical (unpaired) electrons. The monoisotopic (exact) mass is 638 g/mol. The first-order valence-electron chi connectivity index (χ1n) is 16.6. The van der Waals surface area contributed by atoms with Crippen molar-refractivity contribution < 1.29 is 14.0 Å². The third-order valence-electron chi connectivity index (χ3n) is 7.95. The van der Waals surface area contributed by atoms with Crippen molar-refractivity contribution in [3.8, 4) is 0 Å². The van der Waals surface area contributed by atoms with Crippen LogP contribution in [0.15, 0.2) is 200 Å². The lowest BCUT2D eigenvalue weighted by atomic mass is 10.0. The van der Waals surface area contributed by atoms with E-state index in [1.165, 1.54) is 0 Å². The maximum Gasteiger partial charge on any atom is 0.641 e. The molecule has 6 rings (SSSR count). The van der Waals surface area contributed by atoms with E-state index in [1.807, 2.05) is 109 Å². The Bertz CT molecular complexity index is 1650. The van der Waals surface area contributed by atoms with Crippen LogP contribution in [-0.4, -0.2) is 7.32 Å². The zero-order valence-corrected chi connectivity index (χ0v) is 27.3. The molecule has 0 fully saturated rings. The van der Waals surface area contributed by atoms with Crippen LogP contribution in [-0.2, 0) is 14.0 Å². The van der Waals surface area contributed by atoms with Gasteiger partial charge >= 0.3 is 7.32 Å². The van der Waals surface area contributed by atoms with Crippen molar-refractivity contribution in [2.24, 2.45) is 0 Å². The van der Waals surface area contributed by atoms with Crippen LogP contribution in [0.3, 0.4) is 0 Å². The summed E-state index contributed by atoms with van der Waals surface area (Å²) in [5.74, 6) is 0. The van der Waals surface area contributed by atoms with Gasteiger partial charge in [-0.25, -0.2) is 0 Å². The number of hydrogen-bond acceptors (Lipinski definition) is 3. The molecule has 6 aromatic carbocycles. The Labute approximate surface area is 290 Å². The molecule has 0 heterocycles. The summed E-state index contributed by atoms with van der Waals surface area (Å²) in [6, 6.07) is 61.1. The first-order chi connectivity index (χ1) is 24.3. The summed E-state index contributed by atoms with van der Waals surface area (Å²) in [5.41, 5.74) is 6.18. The van der Waals surface area contributed by atoms with Crippen LogP contribution >= 0.6 is 0 Å². The van der Waals surface area contributed by atoms with Gasteiger partial charge in [0.1, 0.15) is 0 Å². The molecule has 0 aliphatic heterocycles. The summed E-state index contributed by atoms with van der Waals surface area (Å²) >= 11 is 0. The first kappa shape index (κ1) is 33.4. The van der Waals surface area contributed by atoms with E-state index in [0.29, 0.717) is 0 Å². The summed E-state index contributed by atoms with van der Waals surface area (Å²) < 4.78 is 20.6. The minimum atomic E-state index is -1.07. The molecule has 3 unspecified atom stereocenters. The van der Waals surface area contributed by atoms with E-state index in [0.717, 1.165) is 33.4 Å². The minimum Gasteiger partial charge on any atom is -0.375 e. The van der Waals surface area contributed by atoms with Crippen LogP contribution in [0.4, 0.5) is 0 Å². The fourth-order valence-corrected chi connectivity index (χ4v) is 5.38. The van der Waals surface area contributed by atoms with Crippen molar-refractivity contribution in [1.82, 2.24) is 0 Å². The molecule has 6 aromatic rings. The molecule has 240 valence electrons. The van der Waals surface area contributed by atoms with Gasteiger partial charge in [0, 0.05) is 0 Å². The molecule has 4 heteroatoms. The highest BCUT2D eigenvalue weighted by atomic mass is 16.7. The Morgan fingerprint density at radius 1 is 0.306 bits per heavy atom. The van der Waals surface area contributed by atoms with E-state index in [1.54, 1.807) is 0 Å². The van der Waals surface area contributed by atoms with Gasteiger partial charge < -0.3 is 14.0 Å². The molecule has 0 aliphatic rings. The first-order valence-corrected chi connectivity index (χ1v) is 16.6. The molecule has 0 bridgehead atoms. The van der Waals surface area contributed by atoms with Crippen LogP contribution in [0.1, 0.15) is 51.7 Å². The van der Waals surface area contributed by atoms with Crippen LogP contribution in [0, 0.1) is 0 Å². The lowest BCUT2D eigenvalue weighted by molar-refractivity contribution is 0.0395. The van der Waals surface area contributed by atoms with Gasteiger partial charge in [-0.1, -0.05) is 218 Å². The molecule has 3 atom stereocenters. The van der Waals surface area contributed by atoms with Crippen molar-refractivity contribution in [3.05, 3.63) is 234 Å². The normalized spacial score (nSPS) is 13.5. The van der Waals surface area contributed by atoms with Crippen molar-refractivity contribution in [1.29, 1.82) is 0 Å². The summed E-state index contributed by atoms with van der Waals surface area (Å²) in [5, 5.41) is 0. The van der Waals surface area contributed by atoms with Crippen LogP contribution in [0.25, 0.3) is 18.2 Å². The topological polar surface area (TPSA) is 27.7 Å². The van der Waals surface area contributed by atoms with E-state index < -0.39 is 25.6 Å². The van der Waals surface area contributed by atoms with Gasteiger partial charge in [-0.05, 0) is 33.4 Å². The average molecular weight is 639 g/mol. The third kappa shape index (κ3) is 10.5. The number of hydrogen-bond donors (Lipinski definition) is 0. The number of benzene rings is 6. The van der Waals surface area contributed by atoms with Gasteiger partial charge in [-0.2, -0.15) is 0 Å². The highest BCUT2D eigenvalue weighted by Crippen LogP contribution is 2.30. The smallest absolute Gasteiger partial charge is 0.375 e. The molecule has 0 aromatic heterocycles. The predicted molar refractivity (Wildman–Crippen MR) is 203 cm³/mol. The standard InChI is InChI=1S/C45H39BO3/c1-7-19-37(20-8-1)31-34-43(40-25-13-4-14-26-40)47-46(48-44(41-27-15-5-16-28-41)35-32-38-21-9-2-10-22-38)49-45(42-29-17-6-18-30-42)36-33-39-23-11-3-12-24-39/h1-36,43-45H/b34-31+,35-32+,36-33+. The average Bonchev–Trinajstić information content (AvgIpc) is 3.18. The highest BCUT2D eigenvalue weighted by molar-refractivity contribution is 6.36. The second-order valence-electron chi connectivity index (χ2n) is 11.5. The SMILES string of the molecule is C(=C\C(OB(OC(/C=C/c1ccccc1)c1ccccc1)OC(/C=C/c1ccccc1)c1ccccc1)c1ccccc1)/c1ccccc1. The molecule has 0 saturated heterocycles. The molecule has 0 saturated carbocycles. The fourth-order valence-electron chi connectivity index (χ4n) is 5.38. The maximum absolute atomic E-state index is 6.87. The van der Waals surface area contributed by atoms with Gasteiger partial charge in [-0.15, -0.1) is 0 Å². The van der Waals surface area contributed by atoms with Gasteiger partial charge in [-0.3, -0.25) is 0 Å². The molecule has 0 aliphatic carbocycles. The molecule has 0 amide bonds. The van der Waals surface area contributed by atoms with E-state index in [9.17, 15) is 0 Å². The van der Waals surface area contributed by atoms with Crippen LogP contribution in [0.2, 0.25) is 0 Å². The third-order valence-corrected chi connectivity index (χ3v) is 7.95. The quantitative estimate of drug-likeness (QED) is 0.105. The van der Waals surface area contributed by atoms with E-state index >= 15 is 0 Å².